The number of nitrogens with zero attached hydrogens (tertiary/aromatic N) is 5. The van der Waals surface area contributed by atoms with E-state index in [2.05, 4.69) is 97.7 Å². The molecule has 0 aliphatic carbocycles. The average molecular weight is 1300 g/mol. The van der Waals surface area contributed by atoms with Crippen LogP contribution >= 0.6 is 0 Å². The van der Waals surface area contributed by atoms with E-state index in [4.69, 9.17) is 21.9 Å². The van der Waals surface area contributed by atoms with Crippen molar-refractivity contribution in [2.75, 3.05) is 0 Å². The molecule has 5 aromatic carbocycles. The maximum atomic E-state index is 8.53. The molecule has 506 valence electrons. The first-order chi connectivity index (χ1) is 50.8. The van der Waals surface area contributed by atoms with Gasteiger partial charge in [0.25, 0.3) is 0 Å². The standard InChI is InChI=1S/C20H28N.C19H26N.C18H24N.2C17H22N/c1-13(2)18-11-20(21(7)12-19(18)14(3)4)17-9-8-15(5)10-16(17)6;1-13(2)17-11-19(16-10-8-7-9-15(16)5)20(6)12-18(17)14(3)4;1-12(2)17-11-19(6)18(10-15(17)5)16-8-7-13(3)9-14(16)4;1-12(2)15-7-9-17(18(5)11-15)16-8-6-13(3)10-14(16)4;1-12(2)16-11-18(5)17(10-14(16)4)15-9-7-6-8-13(15)3/h8-14H,1-7H3;7-14H,1-6H3;7-12H,1-6H3;2*6-12H,1-5H3/q5*+1/i5D3,13D,14D;13D,14D;2*3D3,12D;12D. The highest BCUT2D eigenvalue weighted by atomic mass is 14.9. The van der Waals surface area contributed by atoms with Crippen LogP contribution in [0.1, 0.15) is 255 Å². The van der Waals surface area contributed by atoms with Crippen molar-refractivity contribution < 1.29 is 44.8 Å². The minimum Gasteiger partial charge on any atom is -0.201 e. The lowest BCUT2D eigenvalue weighted by molar-refractivity contribution is -0.661. The van der Waals surface area contributed by atoms with Gasteiger partial charge in [0.15, 0.2) is 31.0 Å². The van der Waals surface area contributed by atoms with Crippen LogP contribution in [0, 0.1) is 69.0 Å². The Morgan fingerprint density at radius 2 is 0.531 bits per heavy atom. The summed E-state index contributed by atoms with van der Waals surface area (Å²) in [7, 11) is 9.89. The van der Waals surface area contributed by atoms with Gasteiger partial charge in [-0.1, -0.05) is 186 Å². The lowest BCUT2D eigenvalue weighted by Gasteiger charge is -2.16. The normalized spacial score (nSPS) is 14.8. The van der Waals surface area contributed by atoms with Gasteiger partial charge in [-0.15, -0.1) is 0 Å². The smallest absolute Gasteiger partial charge is 0.201 e. The van der Waals surface area contributed by atoms with Crippen LogP contribution in [0.3, 0.4) is 0 Å². The van der Waals surface area contributed by atoms with Crippen LogP contribution in [0.4, 0.5) is 0 Å². The predicted octanol–water partition coefficient (Wildman–Crippen LogP) is 21.8. The van der Waals surface area contributed by atoms with E-state index in [1.165, 1.54) is 33.5 Å². The molecule has 0 aliphatic heterocycles. The van der Waals surface area contributed by atoms with Crippen LogP contribution in [0.25, 0.3) is 56.3 Å². The van der Waals surface area contributed by atoms with Crippen LogP contribution in [0.15, 0.2) is 171 Å². The van der Waals surface area contributed by atoms with E-state index in [9.17, 15) is 0 Å². The molecule has 0 unspecified atom stereocenters. The van der Waals surface area contributed by atoms with Crippen LogP contribution in [0.2, 0.25) is 0 Å². The van der Waals surface area contributed by atoms with Gasteiger partial charge in [0.05, 0.1) is 0 Å². The van der Waals surface area contributed by atoms with Crippen molar-refractivity contribution >= 4 is 0 Å². The molecule has 5 heteroatoms. The molecule has 10 aromatic rings. The summed E-state index contributed by atoms with van der Waals surface area (Å²) in [5, 5.41) is 0. The number of pyridine rings is 5. The fraction of sp³-hybridized carbons (Fsp3) is 0.396. The predicted molar refractivity (Wildman–Crippen MR) is 411 cm³/mol. The molecule has 0 N–H and O–H groups in total. The van der Waals surface area contributed by atoms with E-state index in [0.29, 0.717) is 16.7 Å². The second-order valence-corrected chi connectivity index (χ2v) is 27.6. The Labute approximate surface area is 606 Å². The fourth-order valence-corrected chi connectivity index (χ4v) is 12.3. The maximum Gasteiger partial charge on any atom is 0.212 e. The summed E-state index contributed by atoms with van der Waals surface area (Å²) in [5.41, 5.74) is 25.6. The molecule has 5 aromatic heterocycles. The number of hydrogen-bond acceptors (Lipinski definition) is 0. The third kappa shape index (κ3) is 19.5. The first-order valence-corrected chi connectivity index (χ1v) is 33.4. The second kappa shape index (κ2) is 34.2. The molecule has 0 saturated heterocycles. The third-order valence-corrected chi connectivity index (χ3v) is 17.8. The van der Waals surface area contributed by atoms with E-state index in [-0.39, 0.29) is 0 Å². The first-order valence-electron chi connectivity index (χ1n) is 41.4. The monoisotopic (exact) mass is 1300 g/mol. The molecule has 0 saturated carbocycles. The summed E-state index contributed by atoms with van der Waals surface area (Å²) in [5.74, 6) is -4.98. The minimum atomic E-state index is -2.13. The van der Waals surface area contributed by atoms with Crippen molar-refractivity contribution in [2.45, 2.75) is 207 Å². The molecule has 0 amide bonds. The summed E-state index contributed by atoms with van der Waals surface area (Å²) in [6.07, 6.45) is 9.98. The van der Waals surface area contributed by atoms with Crippen molar-refractivity contribution in [2.24, 2.45) is 35.2 Å². The van der Waals surface area contributed by atoms with E-state index in [0.717, 1.165) is 101 Å². The summed E-state index contributed by atoms with van der Waals surface area (Å²) in [6, 6.07) is 44.7. The highest BCUT2D eigenvalue weighted by Crippen LogP contribution is 2.33. The lowest BCUT2D eigenvalue weighted by Crippen LogP contribution is -2.32. The average Bonchev–Trinajstić information content (AvgIpc) is 0.818. The van der Waals surface area contributed by atoms with Crippen molar-refractivity contribution in [3.63, 3.8) is 0 Å². The zero-order chi connectivity index (χ0) is 85.3. The van der Waals surface area contributed by atoms with Gasteiger partial charge in [0, 0.05) is 108 Å². The van der Waals surface area contributed by atoms with Gasteiger partial charge < -0.3 is 0 Å². The molecule has 96 heavy (non-hydrogen) atoms. The highest BCUT2D eigenvalue weighted by Gasteiger charge is 2.24. The topological polar surface area (TPSA) is 19.4 Å². The van der Waals surface area contributed by atoms with E-state index in [1.807, 2.05) is 240 Å². The Morgan fingerprint density at radius 1 is 0.250 bits per heavy atom. The van der Waals surface area contributed by atoms with Crippen molar-refractivity contribution in [1.82, 2.24) is 0 Å². The van der Waals surface area contributed by atoms with Gasteiger partial charge in [0.2, 0.25) is 28.5 Å². The van der Waals surface area contributed by atoms with Gasteiger partial charge in [-0.2, -0.15) is 0 Å². The number of rotatable bonds is 12. The number of hydrogen-bond donors (Lipinski definition) is 0. The molecule has 10 rings (SSSR count). The van der Waals surface area contributed by atoms with Crippen LogP contribution < -0.4 is 22.8 Å². The molecule has 0 fully saturated rings. The molecule has 0 bridgehead atoms. The van der Waals surface area contributed by atoms with Gasteiger partial charge in [-0.05, 0) is 197 Å². The molecular weight excluding hydrogens is 1160 g/mol. The van der Waals surface area contributed by atoms with Crippen LogP contribution in [-0.2, 0) is 35.2 Å². The molecule has 5 heterocycles. The van der Waals surface area contributed by atoms with Gasteiger partial charge >= 0.3 is 0 Å². The van der Waals surface area contributed by atoms with Crippen LogP contribution in [0.5, 0.6) is 0 Å². The van der Waals surface area contributed by atoms with Crippen molar-refractivity contribution in [3.8, 4) is 56.3 Å². The number of benzene rings is 5. The third-order valence-electron chi connectivity index (χ3n) is 17.8. The summed E-state index contributed by atoms with van der Waals surface area (Å²) < 4.78 is 136. The van der Waals surface area contributed by atoms with E-state index < -0.39 is 61.8 Å². The van der Waals surface area contributed by atoms with E-state index >= 15 is 0 Å². The second-order valence-electron chi connectivity index (χ2n) is 27.6. The van der Waals surface area contributed by atoms with E-state index in [1.54, 1.807) is 36.4 Å². The number of aryl methyl sites for hydroxylation is 15. The molecule has 5 nitrogen and oxygen atoms in total. The Hall–Kier alpha value is -8.15. The zero-order valence-corrected chi connectivity index (χ0v) is 62.9. The number of aromatic nitrogens is 5. The van der Waals surface area contributed by atoms with Gasteiger partial charge in [-0.25, -0.2) is 22.8 Å². The quantitative estimate of drug-likeness (QED) is 0.109. The molecule has 0 aliphatic rings. The summed E-state index contributed by atoms with van der Waals surface area (Å²) >= 11 is 0. The minimum absolute atomic E-state index is 0.325. The molecule has 0 radical (unpaired) electrons. The summed E-state index contributed by atoms with van der Waals surface area (Å²) in [6.45, 7) is 34.0. The van der Waals surface area contributed by atoms with Crippen molar-refractivity contribution in [3.05, 3.63) is 265 Å². The Bertz CT molecular complexity index is 4960. The fourth-order valence-electron chi connectivity index (χ4n) is 12.3. The first kappa shape index (κ1) is 55.9. The SMILES string of the molecule is [2H]C(C)(C)c1c[n+](C)c(-c2ccccc2C)cc1C.[2H]C(C)(C)c1cc(-c2ccccc2C)[n+](C)cc1C([2H])(C)C.[2H]C([2H])([2H])c1ccc(-c2cc(C([2H])(C)C)c(C([2H])(C)C)c[n+]2C)c(C)c1.[2H]C([2H])([2H])c1ccc(-c2cc(C)c(C([2H])(C)C)c[n+]2C)c(C)c1.[2H]C([2H])([2H])c1ccc(-c2ccc(C([2H])(C)C)c[n+]2C)c(C)c1. The maximum absolute atomic E-state index is 8.53. The Kier molecular flexibility index (Phi) is 19.9. The highest BCUT2D eigenvalue weighted by molar-refractivity contribution is 5.66. The van der Waals surface area contributed by atoms with Crippen molar-refractivity contribution in [1.29, 1.82) is 0 Å². The Morgan fingerprint density at radius 3 is 0.812 bits per heavy atom. The molecular formula is C91H122N5+5. The zero-order valence-electron chi connectivity index (χ0n) is 78.9. The Balaban J connectivity index is 0.000000219. The largest absolute Gasteiger partial charge is 0.212 e. The van der Waals surface area contributed by atoms with Gasteiger partial charge in [-0.3, -0.25) is 0 Å². The molecule has 0 spiro atoms. The van der Waals surface area contributed by atoms with Gasteiger partial charge in [0.1, 0.15) is 35.2 Å². The van der Waals surface area contributed by atoms with Crippen LogP contribution in [-0.4, -0.2) is 0 Å². The lowest BCUT2D eigenvalue weighted by atomic mass is 9.90. The summed E-state index contributed by atoms with van der Waals surface area (Å²) in [4.78, 5) is 0. The molecule has 0 atom stereocenters.